The lowest BCUT2D eigenvalue weighted by Crippen LogP contribution is -2.36. The molecule has 0 saturated carbocycles. The molecule has 0 spiro atoms. The van der Waals surface area contributed by atoms with Crippen LogP contribution in [0.2, 0.25) is 0 Å². The van der Waals surface area contributed by atoms with E-state index in [2.05, 4.69) is 10.9 Å². The Morgan fingerprint density at radius 1 is 1.23 bits per heavy atom. The second-order valence-electron chi connectivity index (χ2n) is 4.64. The van der Waals surface area contributed by atoms with E-state index in [1.165, 1.54) is 18.2 Å². The maximum atomic E-state index is 11.7. The molecule has 0 aromatic heterocycles. The van der Waals surface area contributed by atoms with Gasteiger partial charge in [-0.25, -0.2) is 0 Å². The number of hydrazine groups is 1. The summed E-state index contributed by atoms with van der Waals surface area (Å²) in [6, 6.07) is 5.85. The van der Waals surface area contributed by atoms with Crippen LogP contribution in [0.3, 0.4) is 0 Å². The Morgan fingerprint density at radius 3 is 2.50 bits per heavy atom. The topological polar surface area (TPSA) is 122 Å². The zero-order chi connectivity index (χ0) is 16.1. The van der Waals surface area contributed by atoms with Crippen LogP contribution in [0, 0.1) is 10.1 Å². The van der Waals surface area contributed by atoms with Crippen molar-refractivity contribution in [2.75, 3.05) is 12.0 Å². The first kappa shape index (κ1) is 15.4. The average molecular weight is 306 g/mol. The van der Waals surface area contributed by atoms with E-state index in [-0.39, 0.29) is 49.0 Å². The van der Waals surface area contributed by atoms with Gasteiger partial charge >= 0.3 is 0 Å². The average Bonchev–Trinajstić information content (AvgIpc) is 2.82. The van der Waals surface area contributed by atoms with Crippen molar-refractivity contribution >= 4 is 29.1 Å². The Balaban J connectivity index is 1.85. The van der Waals surface area contributed by atoms with Crippen LogP contribution in [-0.2, 0) is 14.4 Å². The number of nitrogens with zero attached hydrogens (tertiary/aromatic N) is 2. The summed E-state index contributed by atoms with van der Waals surface area (Å²) in [6.07, 6.45) is 0.273. The number of likely N-dealkylation sites (tertiary alicyclic amines) is 1. The van der Waals surface area contributed by atoms with Crippen LogP contribution in [0.4, 0.5) is 11.4 Å². The summed E-state index contributed by atoms with van der Waals surface area (Å²) in [7, 11) is 0. The third-order valence-electron chi connectivity index (χ3n) is 3.15. The first-order valence-electron chi connectivity index (χ1n) is 6.60. The predicted molar refractivity (Wildman–Crippen MR) is 75.4 cm³/mol. The molecule has 0 bridgehead atoms. The minimum absolute atomic E-state index is 0.00205. The molecule has 1 fully saturated rings. The van der Waals surface area contributed by atoms with Crippen LogP contribution in [0.25, 0.3) is 0 Å². The number of rotatable bonds is 6. The van der Waals surface area contributed by atoms with Crippen molar-refractivity contribution < 1.29 is 19.3 Å². The first-order valence-corrected chi connectivity index (χ1v) is 6.60. The molecule has 1 aliphatic heterocycles. The molecule has 9 nitrogen and oxygen atoms in total. The van der Waals surface area contributed by atoms with E-state index in [9.17, 15) is 24.5 Å². The summed E-state index contributed by atoms with van der Waals surface area (Å²) in [5, 5.41) is 10.8. The number of amides is 3. The molecular formula is C13H14N4O5. The summed E-state index contributed by atoms with van der Waals surface area (Å²) in [5.74, 6) is -1.06. The number of hydrogen-bond acceptors (Lipinski definition) is 6. The van der Waals surface area contributed by atoms with Gasteiger partial charge in [0.25, 0.3) is 5.69 Å². The second kappa shape index (κ2) is 6.66. The van der Waals surface area contributed by atoms with Crippen molar-refractivity contribution in [2.45, 2.75) is 19.3 Å². The molecule has 0 unspecified atom stereocenters. The summed E-state index contributed by atoms with van der Waals surface area (Å²) >= 11 is 0. The van der Waals surface area contributed by atoms with Gasteiger partial charge in [-0.3, -0.25) is 40.2 Å². The number of nitro benzene ring substituents is 1. The zero-order valence-electron chi connectivity index (χ0n) is 11.6. The highest BCUT2D eigenvalue weighted by molar-refractivity contribution is 6.02. The molecule has 0 radical (unpaired) electrons. The number of benzene rings is 1. The highest BCUT2D eigenvalue weighted by atomic mass is 16.6. The van der Waals surface area contributed by atoms with Crippen molar-refractivity contribution in [3.63, 3.8) is 0 Å². The van der Waals surface area contributed by atoms with Crippen molar-refractivity contribution in [2.24, 2.45) is 0 Å². The number of carbonyl (C=O) groups excluding carboxylic acids is 3. The Bertz CT molecular complexity index is 615. The minimum Gasteiger partial charge on any atom is -0.292 e. The predicted octanol–water partition coefficient (Wildman–Crippen LogP) is 0.577. The Labute approximate surface area is 125 Å². The fourth-order valence-corrected chi connectivity index (χ4v) is 2.02. The van der Waals surface area contributed by atoms with Crippen LogP contribution >= 0.6 is 0 Å². The summed E-state index contributed by atoms with van der Waals surface area (Å²) in [5.41, 5.74) is 4.74. The summed E-state index contributed by atoms with van der Waals surface area (Å²) in [6.45, 7) is 0.00205. The van der Waals surface area contributed by atoms with E-state index >= 15 is 0 Å². The Morgan fingerprint density at radius 2 is 1.86 bits per heavy atom. The standard InChI is InChI=1S/C13H14N4O5/c18-11(7-8-16-12(19)5-6-13(16)20)15-14-9-3-1-2-4-10(9)17(21)22/h1-4,14H,5-8H2,(H,15,18). The third-order valence-corrected chi connectivity index (χ3v) is 3.15. The van der Waals surface area contributed by atoms with Gasteiger partial charge in [-0.15, -0.1) is 0 Å². The number of nitrogens with one attached hydrogen (secondary N) is 2. The van der Waals surface area contributed by atoms with Crippen molar-refractivity contribution in [3.05, 3.63) is 34.4 Å². The Hall–Kier alpha value is -2.97. The lowest BCUT2D eigenvalue weighted by molar-refractivity contribution is -0.384. The van der Waals surface area contributed by atoms with Gasteiger partial charge in [0.05, 0.1) is 4.92 Å². The molecule has 3 amide bonds. The van der Waals surface area contributed by atoms with Gasteiger partial charge in [0.2, 0.25) is 17.7 Å². The number of imide groups is 1. The fourth-order valence-electron chi connectivity index (χ4n) is 2.02. The van der Waals surface area contributed by atoms with Gasteiger partial charge in [0.15, 0.2) is 0 Å². The lowest BCUT2D eigenvalue weighted by atomic mass is 10.3. The van der Waals surface area contributed by atoms with E-state index in [1.54, 1.807) is 6.07 Å². The van der Waals surface area contributed by atoms with Crippen molar-refractivity contribution in [1.82, 2.24) is 10.3 Å². The van der Waals surface area contributed by atoms with Gasteiger partial charge in [-0.1, -0.05) is 12.1 Å². The van der Waals surface area contributed by atoms with Crippen LogP contribution in [-0.4, -0.2) is 34.1 Å². The molecule has 1 aromatic rings. The molecule has 0 aliphatic carbocycles. The monoisotopic (exact) mass is 306 g/mol. The molecule has 116 valence electrons. The number of anilines is 1. The molecule has 2 rings (SSSR count). The smallest absolute Gasteiger partial charge is 0.292 e. The third kappa shape index (κ3) is 3.57. The van der Waals surface area contributed by atoms with E-state index in [0.717, 1.165) is 4.90 Å². The van der Waals surface area contributed by atoms with E-state index < -0.39 is 10.8 Å². The quantitative estimate of drug-likeness (QED) is 0.450. The highest BCUT2D eigenvalue weighted by Crippen LogP contribution is 2.22. The number of para-hydroxylation sites is 2. The maximum absolute atomic E-state index is 11.7. The van der Waals surface area contributed by atoms with Crippen LogP contribution in [0.5, 0.6) is 0 Å². The van der Waals surface area contributed by atoms with Gasteiger partial charge in [-0.2, -0.15) is 0 Å². The van der Waals surface area contributed by atoms with Gasteiger partial charge in [0.1, 0.15) is 5.69 Å². The molecule has 1 aromatic carbocycles. The van der Waals surface area contributed by atoms with Gasteiger partial charge < -0.3 is 0 Å². The van der Waals surface area contributed by atoms with Crippen molar-refractivity contribution in [1.29, 1.82) is 0 Å². The second-order valence-corrected chi connectivity index (χ2v) is 4.64. The fraction of sp³-hybridized carbons (Fsp3) is 0.308. The van der Waals surface area contributed by atoms with E-state index in [4.69, 9.17) is 0 Å². The molecule has 22 heavy (non-hydrogen) atoms. The van der Waals surface area contributed by atoms with E-state index in [0.29, 0.717) is 0 Å². The van der Waals surface area contributed by atoms with Crippen LogP contribution < -0.4 is 10.9 Å². The summed E-state index contributed by atoms with van der Waals surface area (Å²) < 4.78 is 0. The SMILES string of the molecule is O=C(CCN1C(=O)CCC1=O)NNc1ccccc1[N+](=O)[O-]. The van der Waals surface area contributed by atoms with Crippen molar-refractivity contribution in [3.8, 4) is 0 Å². The molecule has 9 heteroatoms. The number of hydrogen-bond donors (Lipinski definition) is 2. The van der Waals surface area contributed by atoms with Crippen LogP contribution in [0.1, 0.15) is 19.3 Å². The first-order chi connectivity index (χ1) is 10.5. The molecule has 0 atom stereocenters. The minimum atomic E-state index is -0.573. The molecular weight excluding hydrogens is 292 g/mol. The highest BCUT2D eigenvalue weighted by Gasteiger charge is 2.28. The number of carbonyl (C=O) groups is 3. The maximum Gasteiger partial charge on any atom is 0.294 e. The van der Waals surface area contributed by atoms with Crippen LogP contribution in [0.15, 0.2) is 24.3 Å². The van der Waals surface area contributed by atoms with E-state index in [1.807, 2.05) is 0 Å². The molecule has 1 heterocycles. The molecule has 1 saturated heterocycles. The Kier molecular flexibility index (Phi) is 4.66. The molecule has 1 aliphatic rings. The summed E-state index contributed by atoms with van der Waals surface area (Å²) in [4.78, 5) is 45.7. The lowest BCUT2D eigenvalue weighted by Gasteiger charge is -2.13. The normalized spacial score (nSPS) is 14.1. The largest absolute Gasteiger partial charge is 0.294 e. The van der Waals surface area contributed by atoms with Gasteiger partial charge in [-0.05, 0) is 6.07 Å². The zero-order valence-corrected chi connectivity index (χ0v) is 11.6. The molecule has 2 N–H and O–H groups in total. The number of nitro groups is 1. The van der Waals surface area contributed by atoms with Gasteiger partial charge in [0, 0.05) is 31.9 Å².